The maximum Gasteiger partial charge on any atom is 0.303 e. The molecular weight excluding hydrogens is 420 g/mol. The number of pyridine rings is 1. The van der Waals surface area contributed by atoms with E-state index >= 15 is 0 Å². The fraction of sp³-hybridized carbons (Fsp3) is 0.263. The van der Waals surface area contributed by atoms with Gasteiger partial charge in [-0.3, -0.25) is 9.52 Å². The number of carbonyl (C=O) groups is 1. The molecule has 0 fully saturated rings. The van der Waals surface area contributed by atoms with Crippen LogP contribution in [0.25, 0.3) is 0 Å². The number of carboxylic acid groups (broad SMARTS) is 1. The quantitative estimate of drug-likeness (QED) is 0.369. The van der Waals surface area contributed by atoms with Gasteiger partial charge in [0.1, 0.15) is 27.2 Å². The van der Waals surface area contributed by atoms with Gasteiger partial charge in [-0.25, -0.2) is 13.4 Å². The first-order chi connectivity index (χ1) is 13.8. The summed E-state index contributed by atoms with van der Waals surface area (Å²) in [5, 5.41) is 8.79. The standard InChI is InChI=1S/C19H19ClN2O6S/c1-27-13-8-10-16(28-2)17(12-13)29(25,26)22-15-9-11-18(20)21-14(15)6-4-3-5-7-19(23)24/h8-12,22H,3,5,7H2,1-2H3,(H,23,24). The van der Waals surface area contributed by atoms with Crippen LogP contribution in [0.4, 0.5) is 5.69 Å². The second kappa shape index (κ2) is 10.0. The van der Waals surface area contributed by atoms with E-state index in [0.717, 1.165) is 0 Å². The van der Waals surface area contributed by atoms with Crippen LogP contribution in [0.15, 0.2) is 35.2 Å². The molecular formula is C19H19ClN2O6S. The molecule has 154 valence electrons. The van der Waals surface area contributed by atoms with Gasteiger partial charge in [-0.05, 0) is 36.6 Å². The van der Waals surface area contributed by atoms with Crippen molar-refractivity contribution in [3.05, 3.63) is 41.2 Å². The van der Waals surface area contributed by atoms with Crippen molar-refractivity contribution in [3.63, 3.8) is 0 Å². The molecule has 10 heteroatoms. The minimum atomic E-state index is -4.05. The lowest BCUT2D eigenvalue weighted by Gasteiger charge is -2.13. The van der Waals surface area contributed by atoms with Gasteiger partial charge in [-0.15, -0.1) is 0 Å². The third kappa shape index (κ3) is 6.27. The summed E-state index contributed by atoms with van der Waals surface area (Å²) < 4.78 is 38.5. The number of aromatic nitrogens is 1. The highest BCUT2D eigenvalue weighted by Gasteiger charge is 2.22. The summed E-state index contributed by atoms with van der Waals surface area (Å²) in [6.45, 7) is 0. The first-order valence-corrected chi connectivity index (χ1v) is 10.2. The lowest BCUT2D eigenvalue weighted by atomic mass is 10.2. The predicted molar refractivity (Wildman–Crippen MR) is 108 cm³/mol. The lowest BCUT2D eigenvalue weighted by Crippen LogP contribution is -2.15. The van der Waals surface area contributed by atoms with Crippen LogP contribution in [0.3, 0.4) is 0 Å². The molecule has 0 amide bonds. The number of hydrogen-bond acceptors (Lipinski definition) is 6. The molecule has 29 heavy (non-hydrogen) atoms. The molecule has 0 unspecified atom stereocenters. The van der Waals surface area contributed by atoms with E-state index in [2.05, 4.69) is 21.5 Å². The number of aliphatic carboxylic acids is 1. The van der Waals surface area contributed by atoms with Gasteiger partial charge >= 0.3 is 5.97 Å². The monoisotopic (exact) mass is 438 g/mol. The minimum absolute atomic E-state index is 0.00717. The Hall–Kier alpha value is -2.96. The number of hydrogen-bond donors (Lipinski definition) is 2. The van der Waals surface area contributed by atoms with Crippen LogP contribution in [0, 0.1) is 11.8 Å². The largest absolute Gasteiger partial charge is 0.497 e. The number of methoxy groups -OCH3 is 2. The molecule has 2 rings (SSSR count). The van der Waals surface area contributed by atoms with Crippen LogP contribution in [0.5, 0.6) is 11.5 Å². The number of nitrogens with one attached hydrogen (secondary N) is 1. The van der Waals surface area contributed by atoms with Crippen LogP contribution in [0.1, 0.15) is 25.0 Å². The van der Waals surface area contributed by atoms with Crippen molar-refractivity contribution >= 4 is 33.3 Å². The molecule has 1 heterocycles. The van der Waals surface area contributed by atoms with Gasteiger partial charge in [0.2, 0.25) is 0 Å². The number of halogens is 1. The molecule has 0 radical (unpaired) electrons. The molecule has 0 aliphatic carbocycles. The lowest BCUT2D eigenvalue weighted by molar-refractivity contribution is -0.137. The van der Waals surface area contributed by atoms with Crippen molar-refractivity contribution in [2.45, 2.75) is 24.2 Å². The number of carboxylic acids is 1. The number of unbranched alkanes of at least 4 members (excludes halogenated alkanes) is 1. The summed E-state index contributed by atoms with van der Waals surface area (Å²) in [5.74, 6) is 5.09. The van der Waals surface area contributed by atoms with Crippen molar-refractivity contribution in [2.24, 2.45) is 0 Å². The molecule has 0 aliphatic heterocycles. The van der Waals surface area contributed by atoms with Gasteiger partial charge < -0.3 is 14.6 Å². The van der Waals surface area contributed by atoms with E-state index in [1.165, 1.54) is 38.5 Å². The molecule has 2 aromatic rings. The van der Waals surface area contributed by atoms with Crippen LogP contribution in [-0.2, 0) is 14.8 Å². The van der Waals surface area contributed by atoms with Gasteiger partial charge in [0.15, 0.2) is 0 Å². The highest BCUT2D eigenvalue weighted by atomic mass is 35.5. The van der Waals surface area contributed by atoms with E-state index in [0.29, 0.717) is 18.6 Å². The number of ether oxygens (including phenoxy) is 2. The number of rotatable bonds is 8. The Morgan fingerprint density at radius 3 is 2.66 bits per heavy atom. The van der Waals surface area contributed by atoms with Crippen LogP contribution in [-0.4, -0.2) is 38.7 Å². The number of anilines is 1. The molecule has 0 saturated carbocycles. The van der Waals surface area contributed by atoms with E-state index in [-0.39, 0.29) is 33.6 Å². The zero-order valence-electron chi connectivity index (χ0n) is 15.7. The van der Waals surface area contributed by atoms with Gasteiger partial charge in [-0.1, -0.05) is 17.5 Å². The Balaban J connectivity index is 2.34. The van der Waals surface area contributed by atoms with E-state index in [1.54, 1.807) is 6.07 Å². The molecule has 8 nitrogen and oxygen atoms in total. The molecule has 0 spiro atoms. The molecule has 0 saturated heterocycles. The molecule has 0 atom stereocenters. The highest BCUT2D eigenvalue weighted by Crippen LogP contribution is 2.30. The molecule has 0 aliphatic rings. The average molecular weight is 439 g/mol. The highest BCUT2D eigenvalue weighted by molar-refractivity contribution is 7.92. The molecule has 1 aromatic heterocycles. The SMILES string of the molecule is COc1ccc(OC)c(S(=O)(=O)Nc2ccc(Cl)nc2C#CCCCC(=O)O)c1. The molecule has 2 N–H and O–H groups in total. The van der Waals surface area contributed by atoms with E-state index in [1.807, 2.05) is 0 Å². The summed E-state index contributed by atoms with van der Waals surface area (Å²) in [7, 11) is -1.27. The second-order valence-corrected chi connectivity index (χ2v) is 7.74. The average Bonchev–Trinajstić information content (AvgIpc) is 2.68. The zero-order valence-corrected chi connectivity index (χ0v) is 17.3. The van der Waals surface area contributed by atoms with Gasteiger partial charge in [0.25, 0.3) is 10.0 Å². The smallest absolute Gasteiger partial charge is 0.303 e. The Labute approximate surface area is 173 Å². The third-order valence-corrected chi connectivity index (χ3v) is 5.26. The normalized spacial score (nSPS) is 10.6. The number of sulfonamides is 1. The summed E-state index contributed by atoms with van der Waals surface area (Å²) in [4.78, 5) is 14.5. The van der Waals surface area contributed by atoms with Gasteiger partial charge in [0.05, 0.1) is 19.9 Å². The van der Waals surface area contributed by atoms with E-state index in [9.17, 15) is 13.2 Å². The van der Waals surface area contributed by atoms with E-state index in [4.69, 9.17) is 26.2 Å². The summed E-state index contributed by atoms with van der Waals surface area (Å²) in [6, 6.07) is 7.27. The fourth-order valence-electron chi connectivity index (χ4n) is 2.28. The van der Waals surface area contributed by atoms with Gasteiger partial charge in [-0.2, -0.15) is 0 Å². The van der Waals surface area contributed by atoms with Crippen molar-refractivity contribution in [1.29, 1.82) is 0 Å². The summed E-state index contributed by atoms with van der Waals surface area (Å²) in [6.07, 6.45) is 0.675. The predicted octanol–water partition coefficient (Wildman–Crippen LogP) is 3.16. The Bertz CT molecular complexity index is 1060. The first-order valence-electron chi connectivity index (χ1n) is 8.39. The Morgan fingerprint density at radius 2 is 2.00 bits per heavy atom. The number of benzene rings is 1. The van der Waals surface area contributed by atoms with Crippen molar-refractivity contribution in [1.82, 2.24) is 4.98 Å². The minimum Gasteiger partial charge on any atom is -0.497 e. The molecule has 1 aromatic carbocycles. The third-order valence-electron chi connectivity index (χ3n) is 3.67. The van der Waals surface area contributed by atoms with Crippen molar-refractivity contribution in [2.75, 3.05) is 18.9 Å². The zero-order chi connectivity index (χ0) is 21.4. The van der Waals surface area contributed by atoms with Crippen LogP contribution in [0.2, 0.25) is 5.15 Å². The maximum absolute atomic E-state index is 12.9. The van der Waals surface area contributed by atoms with Crippen LogP contribution >= 0.6 is 11.6 Å². The van der Waals surface area contributed by atoms with Crippen LogP contribution < -0.4 is 14.2 Å². The summed E-state index contributed by atoms with van der Waals surface area (Å²) >= 11 is 5.90. The Kier molecular flexibility index (Phi) is 7.70. The molecule has 0 bridgehead atoms. The fourth-order valence-corrected chi connectivity index (χ4v) is 3.68. The number of nitrogens with zero attached hydrogens (tertiary/aromatic N) is 1. The first kappa shape index (κ1) is 22.3. The van der Waals surface area contributed by atoms with Crippen molar-refractivity contribution in [3.8, 4) is 23.3 Å². The second-order valence-electron chi connectivity index (χ2n) is 5.70. The Morgan fingerprint density at radius 1 is 1.24 bits per heavy atom. The topological polar surface area (TPSA) is 115 Å². The maximum atomic E-state index is 12.9. The van der Waals surface area contributed by atoms with Gasteiger partial charge in [0, 0.05) is 18.9 Å². The van der Waals surface area contributed by atoms with Crippen molar-refractivity contribution < 1.29 is 27.8 Å². The van der Waals surface area contributed by atoms with E-state index < -0.39 is 16.0 Å². The summed E-state index contributed by atoms with van der Waals surface area (Å²) in [5.41, 5.74) is 0.253.